The summed E-state index contributed by atoms with van der Waals surface area (Å²) in [7, 11) is 0. The molecule has 0 bridgehead atoms. The quantitative estimate of drug-likeness (QED) is 0.651. The molecule has 0 amide bonds. The number of hydrogen-bond acceptors (Lipinski definition) is 4. The van der Waals surface area contributed by atoms with E-state index in [4.69, 9.17) is 4.74 Å². The van der Waals surface area contributed by atoms with Gasteiger partial charge in [0.2, 0.25) is 0 Å². The zero-order valence-electron chi connectivity index (χ0n) is 12.0. The minimum absolute atomic E-state index is 0.0266. The molecular weight excluding hydrogens is 228 g/mol. The topological polar surface area (TPSA) is 63.4 Å². The molecule has 2 aliphatic heterocycles. The standard InChI is InChI=1S/C14H28N2O2/c1-8(2)5-10-7-12(17)18-14(15-10)13-11(16-13)6-9(3)4/h8-17H,5-7H2,1-4H3/t10?,11-,12-,13+,14-/m0/s1. The summed E-state index contributed by atoms with van der Waals surface area (Å²) < 4.78 is 5.62. The number of aliphatic hydroxyl groups is 1. The molecule has 3 N–H and O–H groups in total. The molecule has 2 aliphatic rings. The van der Waals surface area contributed by atoms with Crippen LogP contribution in [0.2, 0.25) is 0 Å². The SMILES string of the molecule is CC(C)CC1C[C@@H](O)O[C@@H]([C@@H]2N[C@H]2CC(C)C)N1. The average molecular weight is 256 g/mol. The predicted molar refractivity (Wildman–Crippen MR) is 72.0 cm³/mol. The van der Waals surface area contributed by atoms with Crippen LogP contribution in [0.1, 0.15) is 47.0 Å². The predicted octanol–water partition coefficient (Wildman–Crippen LogP) is 1.44. The molecule has 18 heavy (non-hydrogen) atoms. The number of hydrogen-bond donors (Lipinski definition) is 3. The first kappa shape index (κ1) is 14.3. The van der Waals surface area contributed by atoms with Gasteiger partial charge < -0.3 is 15.2 Å². The largest absolute Gasteiger partial charge is 0.368 e. The molecule has 0 saturated carbocycles. The van der Waals surface area contributed by atoms with E-state index in [2.05, 4.69) is 38.3 Å². The molecule has 106 valence electrons. The second kappa shape index (κ2) is 5.87. The van der Waals surface area contributed by atoms with Crippen molar-refractivity contribution in [3.8, 4) is 0 Å². The Morgan fingerprint density at radius 1 is 1.11 bits per heavy atom. The van der Waals surface area contributed by atoms with Crippen LogP contribution in [-0.2, 0) is 4.74 Å². The monoisotopic (exact) mass is 256 g/mol. The van der Waals surface area contributed by atoms with Crippen LogP contribution in [0.15, 0.2) is 0 Å². The van der Waals surface area contributed by atoms with Crippen molar-refractivity contribution >= 4 is 0 Å². The van der Waals surface area contributed by atoms with E-state index in [9.17, 15) is 5.11 Å². The molecule has 2 rings (SSSR count). The Balaban J connectivity index is 1.82. The van der Waals surface area contributed by atoms with Crippen LogP contribution in [0.25, 0.3) is 0 Å². The van der Waals surface area contributed by atoms with Crippen LogP contribution >= 0.6 is 0 Å². The van der Waals surface area contributed by atoms with Crippen molar-refractivity contribution in [3.63, 3.8) is 0 Å². The van der Waals surface area contributed by atoms with Gasteiger partial charge >= 0.3 is 0 Å². The lowest BCUT2D eigenvalue weighted by molar-refractivity contribution is -0.181. The molecule has 0 spiro atoms. The minimum atomic E-state index is -0.609. The Labute approximate surface area is 110 Å². The van der Waals surface area contributed by atoms with Crippen LogP contribution in [0.4, 0.5) is 0 Å². The molecule has 0 aromatic heterocycles. The van der Waals surface area contributed by atoms with Gasteiger partial charge in [-0.05, 0) is 24.7 Å². The van der Waals surface area contributed by atoms with Crippen molar-refractivity contribution in [1.29, 1.82) is 0 Å². The highest BCUT2D eigenvalue weighted by Gasteiger charge is 2.46. The summed E-state index contributed by atoms with van der Waals surface area (Å²) in [5, 5.41) is 16.8. The maximum absolute atomic E-state index is 9.82. The maximum Gasteiger partial charge on any atom is 0.158 e. The first-order chi connectivity index (χ1) is 8.45. The summed E-state index contributed by atoms with van der Waals surface area (Å²) >= 11 is 0. The summed E-state index contributed by atoms with van der Waals surface area (Å²) in [4.78, 5) is 0. The lowest BCUT2D eigenvalue weighted by atomic mass is 9.98. The Kier molecular flexibility index (Phi) is 4.64. The van der Waals surface area contributed by atoms with Gasteiger partial charge in [0.05, 0.1) is 6.04 Å². The Morgan fingerprint density at radius 2 is 1.78 bits per heavy atom. The first-order valence-corrected chi connectivity index (χ1v) is 7.31. The van der Waals surface area contributed by atoms with Crippen LogP contribution in [0.3, 0.4) is 0 Å². The fourth-order valence-corrected chi connectivity index (χ4v) is 2.94. The second-order valence-electron chi connectivity index (χ2n) is 6.67. The van der Waals surface area contributed by atoms with Crippen molar-refractivity contribution in [2.24, 2.45) is 11.8 Å². The van der Waals surface area contributed by atoms with Crippen molar-refractivity contribution < 1.29 is 9.84 Å². The van der Waals surface area contributed by atoms with E-state index < -0.39 is 6.29 Å². The van der Waals surface area contributed by atoms with Gasteiger partial charge in [0.1, 0.15) is 6.23 Å². The van der Waals surface area contributed by atoms with Crippen molar-refractivity contribution in [2.45, 2.75) is 77.6 Å². The van der Waals surface area contributed by atoms with Gasteiger partial charge in [-0.1, -0.05) is 27.7 Å². The minimum Gasteiger partial charge on any atom is -0.368 e. The number of ether oxygens (including phenoxy) is 1. The molecule has 0 radical (unpaired) electrons. The maximum atomic E-state index is 9.82. The van der Waals surface area contributed by atoms with Crippen LogP contribution in [0.5, 0.6) is 0 Å². The van der Waals surface area contributed by atoms with Gasteiger partial charge in [-0.3, -0.25) is 5.32 Å². The van der Waals surface area contributed by atoms with Gasteiger partial charge in [0.15, 0.2) is 6.29 Å². The van der Waals surface area contributed by atoms with Crippen molar-refractivity contribution in [1.82, 2.24) is 10.6 Å². The third kappa shape index (κ3) is 3.92. The highest BCUT2D eigenvalue weighted by atomic mass is 16.6. The lowest BCUT2D eigenvalue weighted by Gasteiger charge is -2.35. The van der Waals surface area contributed by atoms with Crippen LogP contribution in [0, 0.1) is 11.8 Å². The van der Waals surface area contributed by atoms with Gasteiger partial charge in [0.25, 0.3) is 0 Å². The Hall–Kier alpha value is -0.160. The van der Waals surface area contributed by atoms with Crippen LogP contribution < -0.4 is 10.6 Å². The van der Waals surface area contributed by atoms with Gasteiger partial charge in [0, 0.05) is 18.5 Å². The fourth-order valence-electron chi connectivity index (χ4n) is 2.94. The molecule has 2 heterocycles. The third-order valence-electron chi connectivity index (χ3n) is 3.73. The highest BCUT2D eigenvalue weighted by Crippen LogP contribution is 2.27. The summed E-state index contributed by atoms with van der Waals surface area (Å²) in [5.41, 5.74) is 0. The summed E-state index contributed by atoms with van der Waals surface area (Å²) in [5.74, 6) is 1.35. The van der Waals surface area contributed by atoms with Gasteiger partial charge in [-0.25, -0.2) is 0 Å². The van der Waals surface area contributed by atoms with Crippen molar-refractivity contribution in [3.05, 3.63) is 0 Å². The van der Waals surface area contributed by atoms with E-state index in [1.807, 2.05) is 0 Å². The molecule has 2 saturated heterocycles. The van der Waals surface area contributed by atoms with Crippen LogP contribution in [-0.4, -0.2) is 35.7 Å². The van der Waals surface area contributed by atoms with Gasteiger partial charge in [-0.15, -0.1) is 0 Å². The Bertz CT molecular complexity index is 269. The van der Waals surface area contributed by atoms with Gasteiger partial charge in [-0.2, -0.15) is 0 Å². The number of nitrogens with one attached hydrogen (secondary N) is 2. The molecule has 4 heteroatoms. The molecule has 0 aromatic rings. The molecule has 1 unspecified atom stereocenters. The number of rotatable bonds is 5. The molecule has 0 aliphatic carbocycles. The zero-order chi connectivity index (χ0) is 13.3. The summed E-state index contributed by atoms with van der Waals surface area (Å²) in [6, 6.07) is 1.30. The van der Waals surface area contributed by atoms with E-state index >= 15 is 0 Å². The Morgan fingerprint density at radius 3 is 2.39 bits per heavy atom. The van der Waals surface area contributed by atoms with E-state index in [0.717, 1.165) is 6.42 Å². The third-order valence-corrected chi connectivity index (χ3v) is 3.73. The van der Waals surface area contributed by atoms with Crippen molar-refractivity contribution in [2.75, 3.05) is 0 Å². The van der Waals surface area contributed by atoms with E-state index in [1.54, 1.807) is 0 Å². The van der Waals surface area contributed by atoms with E-state index in [-0.39, 0.29) is 6.23 Å². The van der Waals surface area contributed by atoms with E-state index in [1.165, 1.54) is 6.42 Å². The molecule has 2 fully saturated rings. The molecule has 5 atom stereocenters. The molecule has 0 aromatic carbocycles. The molecule has 4 nitrogen and oxygen atoms in total. The zero-order valence-corrected chi connectivity index (χ0v) is 12.0. The average Bonchev–Trinajstić information content (AvgIpc) is 2.93. The summed E-state index contributed by atoms with van der Waals surface area (Å²) in [6.45, 7) is 8.91. The van der Waals surface area contributed by atoms with E-state index in [0.29, 0.717) is 36.4 Å². The smallest absolute Gasteiger partial charge is 0.158 e. The fraction of sp³-hybridized carbons (Fsp3) is 1.00. The lowest BCUT2D eigenvalue weighted by Crippen LogP contribution is -2.53. The summed E-state index contributed by atoms with van der Waals surface area (Å²) in [6.07, 6.45) is 2.34. The first-order valence-electron chi connectivity index (χ1n) is 7.31. The normalized spacial score (nSPS) is 40.5. The highest BCUT2D eigenvalue weighted by molar-refractivity contribution is 5.04. The molecular formula is C14H28N2O2. The second-order valence-corrected chi connectivity index (χ2v) is 6.67. The number of aliphatic hydroxyl groups excluding tert-OH is 1.